The molecule has 4 nitrogen and oxygen atoms in total. The Balaban J connectivity index is 1.74. The van der Waals surface area contributed by atoms with Crippen molar-refractivity contribution < 1.29 is 0 Å². The highest BCUT2D eigenvalue weighted by atomic mass is 15.2. The molecule has 2 rings (SSSR count). The molecule has 72 valence electrons. The lowest BCUT2D eigenvalue weighted by atomic mass is 9.85. The van der Waals surface area contributed by atoms with Gasteiger partial charge in [-0.1, -0.05) is 6.42 Å². The molecule has 1 fully saturated rings. The van der Waals surface area contributed by atoms with Gasteiger partial charge in [-0.25, -0.2) is 4.98 Å². The minimum absolute atomic E-state index is 0.295. The van der Waals surface area contributed by atoms with Gasteiger partial charge in [-0.3, -0.25) is 5.10 Å². The molecule has 4 heteroatoms. The number of aromatic nitrogens is 3. The first-order chi connectivity index (χ1) is 6.36. The molecule has 0 saturated heterocycles. The Labute approximate surface area is 78.1 Å². The van der Waals surface area contributed by atoms with Crippen LogP contribution in [-0.4, -0.2) is 21.7 Å². The molecule has 0 radical (unpaired) electrons. The molecule has 0 spiro atoms. The summed E-state index contributed by atoms with van der Waals surface area (Å²) >= 11 is 0. The molecule has 1 aliphatic carbocycles. The van der Waals surface area contributed by atoms with Crippen LogP contribution in [0.25, 0.3) is 0 Å². The number of nitrogens with zero attached hydrogens (tertiary/aromatic N) is 2. The molecule has 1 aromatic heterocycles. The van der Waals surface area contributed by atoms with Crippen molar-refractivity contribution in [1.82, 2.24) is 20.5 Å². The minimum Gasteiger partial charge on any atom is -0.307 e. The first kappa shape index (κ1) is 8.69. The highest BCUT2D eigenvalue weighted by Crippen LogP contribution is 2.25. The van der Waals surface area contributed by atoms with Crippen LogP contribution in [0.15, 0.2) is 6.33 Å². The van der Waals surface area contributed by atoms with Gasteiger partial charge in [0.2, 0.25) is 0 Å². The van der Waals surface area contributed by atoms with Gasteiger partial charge in [0, 0.05) is 0 Å². The molecule has 0 aliphatic heterocycles. The molecule has 1 saturated carbocycles. The van der Waals surface area contributed by atoms with E-state index in [2.05, 4.69) is 27.4 Å². The van der Waals surface area contributed by atoms with Crippen LogP contribution in [0.4, 0.5) is 0 Å². The summed E-state index contributed by atoms with van der Waals surface area (Å²) in [5, 5.41) is 10.2. The van der Waals surface area contributed by atoms with Crippen molar-refractivity contribution in [3.05, 3.63) is 12.2 Å². The van der Waals surface area contributed by atoms with Gasteiger partial charge in [-0.2, -0.15) is 5.10 Å². The van der Waals surface area contributed by atoms with Crippen molar-refractivity contribution in [3.63, 3.8) is 0 Å². The summed E-state index contributed by atoms with van der Waals surface area (Å²) in [7, 11) is 0. The summed E-state index contributed by atoms with van der Waals surface area (Å²) in [5.74, 6) is 1.82. The average molecular weight is 180 g/mol. The van der Waals surface area contributed by atoms with Gasteiger partial charge in [-0.15, -0.1) is 0 Å². The Kier molecular flexibility index (Phi) is 2.59. The SMILES string of the molecule is CC(NCC1CCC1)c1ncn[nH]1. The molecular weight excluding hydrogens is 164 g/mol. The fraction of sp³-hybridized carbons (Fsp3) is 0.778. The summed E-state index contributed by atoms with van der Waals surface area (Å²) < 4.78 is 0. The fourth-order valence-corrected chi connectivity index (χ4v) is 1.56. The van der Waals surface area contributed by atoms with Crippen molar-refractivity contribution in [2.24, 2.45) is 5.92 Å². The van der Waals surface area contributed by atoms with Gasteiger partial charge in [0.15, 0.2) is 0 Å². The Hall–Kier alpha value is -0.900. The van der Waals surface area contributed by atoms with Crippen LogP contribution in [0.2, 0.25) is 0 Å². The standard InChI is InChI=1S/C9H16N4/c1-7(9-11-6-12-13-9)10-5-8-3-2-4-8/h6-8,10H,2-5H2,1H3,(H,11,12,13). The Bertz CT molecular complexity index is 240. The van der Waals surface area contributed by atoms with E-state index in [1.165, 1.54) is 19.3 Å². The normalized spacial score (nSPS) is 19.8. The van der Waals surface area contributed by atoms with Crippen LogP contribution < -0.4 is 5.32 Å². The van der Waals surface area contributed by atoms with Gasteiger partial charge >= 0.3 is 0 Å². The van der Waals surface area contributed by atoms with Crippen molar-refractivity contribution >= 4 is 0 Å². The number of aromatic amines is 1. The van der Waals surface area contributed by atoms with E-state index in [1.54, 1.807) is 6.33 Å². The lowest BCUT2D eigenvalue weighted by Gasteiger charge is -2.26. The summed E-state index contributed by atoms with van der Waals surface area (Å²) in [6.07, 6.45) is 5.73. The zero-order valence-electron chi connectivity index (χ0n) is 7.95. The van der Waals surface area contributed by atoms with Crippen molar-refractivity contribution in [3.8, 4) is 0 Å². The lowest BCUT2D eigenvalue weighted by molar-refractivity contribution is 0.290. The molecule has 2 N–H and O–H groups in total. The Morgan fingerprint density at radius 2 is 2.54 bits per heavy atom. The average Bonchev–Trinajstić information content (AvgIpc) is 2.52. The van der Waals surface area contributed by atoms with Crippen LogP contribution in [0.5, 0.6) is 0 Å². The van der Waals surface area contributed by atoms with Gasteiger partial charge in [0.25, 0.3) is 0 Å². The zero-order chi connectivity index (χ0) is 9.10. The largest absolute Gasteiger partial charge is 0.307 e. The highest BCUT2D eigenvalue weighted by Gasteiger charge is 2.18. The van der Waals surface area contributed by atoms with Gasteiger partial charge in [-0.05, 0) is 32.2 Å². The van der Waals surface area contributed by atoms with E-state index in [4.69, 9.17) is 0 Å². The summed E-state index contributed by atoms with van der Waals surface area (Å²) in [4.78, 5) is 4.11. The van der Waals surface area contributed by atoms with E-state index in [0.29, 0.717) is 6.04 Å². The highest BCUT2D eigenvalue weighted by molar-refractivity contribution is 4.89. The van der Waals surface area contributed by atoms with Crippen molar-refractivity contribution in [2.45, 2.75) is 32.2 Å². The number of hydrogen-bond donors (Lipinski definition) is 2. The van der Waals surface area contributed by atoms with Gasteiger partial charge in [0.05, 0.1) is 6.04 Å². The smallest absolute Gasteiger partial charge is 0.141 e. The maximum atomic E-state index is 4.11. The van der Waals surface area contributed by atoms with Crippen LogP contribution in [0.3, 0.4) is 0 Å². The molecular formula is C9H16N4. The van der Waals surface area contributed by atoms with Crippen molar-refractivity contribution in [2.75, 3.05) is 6.54 Å². The third kappa shape index (κ3) is 2.06. The van der Waals surface area contributed by atoms with E-state index in [9.17, 15) is 0 Å². The van der Waals surface area contributed by atoms with Gasteiger partial charge in [0.1, 0.15) is 12.2 Å². The molecule has 1 aromatic rings. The molecule has 1 atom stereocenters. The molecule has 0 aromatic carbocycles. The summed E-state index contributed by atoms with van der Waals surface area (Å²) in [6.45, 7) is 3.22. The van der Waals surface area contributed by atoms with Crippen LogP contribution in [-0.2, 0) is 0 Å². The number of hydrogen-bond acceptors (Lipinski definition) is 3. The molecule has 0 bridgehead atoms. The molecule has 1 heterocycles. The van der Waals surface area contributed by atoms with E-state index in [1.807, 2.05) is 0 Å². The topological polar surface area (TPSA) is 53.6 Å². The van der Waals surface area contributed by atoms with Crippen LogP contribution in [0, 0.1) is 5.92 Å². The quantitative estimate of drug-likeness (QED) is 0.733. The second kappa shape index (κ2) is 3.87. The van der Waals surface area contributed by atoms with E-state index in [0.717, 1.165) is 18.3 Å². The molecule has 1 unspecified atom stereocenters. The predicted octanol–water partition coefficient (Wildman–Crippen LogP) is 1.26. The summed E-state index contributed by atoms with van der Waals surface area (Å²) in [6, 6.07) is 0.295. The predicted molar refractivity (Wildman–Crippen MR) is 50.1 cm³/mol. The summed E-state index contributed by atoms with van der Waals surface area (Å²) in [5.41, 5.74) is 0. The molecule has 1 aliphatic rings. The first-order valence-electron chi connectivity index (χ1n) is 4.95. The lowest BCUT2D eigenvalue weighted by Crippen LogP contribution is -2.29. The Morgan fingerprint density at radius 3 is 3.08 bits per heavy atom. The second-order valence-electron chi connectivity index (χ2n) is 3.80. The molecule has 0 amide bonds. The number of nitrogens with one attached hydrogen (secondary N) is 2. The third-order valence-electron chi connectivity index (χ3n) is 2.78. The second-order valence-corrected chi connectivity index (χ2v) is 3.80. The van der Waals surface area contributed by atoms with E-state index >= 15 is 0 Å². The van der Waals surface area contributed by atoms with Crippen LogP contribution >= 0.6 is 0 Å². The number of rotatable bonds is 4. The molecule has 13 heavy (non-hydrogen) atoms. The van der Waals surface area contributed by atoms with E-state index in [-0.39, 0.29) is 0 Å². The van der Waals surface area contributed by atoms with Crippen molar-refractivity contribution in [1.29, 1.82) is 0 Å². The fourth-order valence-electron chi connectivity index (χ4n) is 1.56. The van der Waals surface area contributed by atoms with E-state index < -0.39 is 0 Å². The van der Waals surface area contributed by atoms with Gasteiger partial charge < -0.3 is 5.32 Å². The monoisotopic (exact) mass is 180 g/mol. The number of H-pyrrole nitrogens is 1. The third-order valence-corrected chi connectivity index (χ3v) is 2.78. The maximum Gasteiger partial charge on any atom is 0.141 e. The maximum absolute atomic E-state index is 4.11. The zero-order valence-corrected chi connectivity index (χ0v) is 7.95. The Morgan fingerprint density at radius 1 is 1.69 bits per heavy atom. The minimum atomic E-state index is 0.295. The van der Waals surface area contributed by atoms with Crippen LogP contribution in [0.1, 0.15) is 38.1 Å². The first-order valence-corrected chi connectivity index (χ1v) is 4.95.